The number of benzene rings is 2. The molecule has 0 unspecified atom stereocenters. The lowest BCUT2D eigenvalue weighted by Crippen LogP contribution is -2.05. The summed E-state index contributed by atoms with van der Waals surface area (Å²) in [6.07, 6.45) is 5.09. The first-order valence-corrected chi connectivity index (χ1v) is 6.98. The molecular weight excluding hydrogens is 276 g/mol. The molecule has 4 nitrogen and oxygen atoms in total. The van der Waals surface area contributed by atoms with Crippen LogP contribution in [0.2, 0.25) is 0 Å². The Morgan fingerprint density at radius 2 is 1.91 bits per heavy atom. The molecule has 0 atom stereocenters. The standard InChI is InChI=1S/C18H16N2O2/c19-22-18(21)10-9-15-7-4-8-17-16(15)11-12-20(17)13-14-5-2-1-3-6-14/h1-12H,13,19H2/b10-9+. The van der Waals surface area contributed by atoms with Crippen molar-refractivity contribution in [3.05, 3.63) is 78.0 Å². The Bertz CT molecular complexity index is 819. The molecule has 0 radical (unpaired) electrons. The van der Waals surface area contributed by atoms with Crippen LogP contribution in [0, 0.1) is 0 Å². The second-order valence-corrected chi connectivity index (χ2v) is 4.98. The summed E-state index contributed by atoms with van der Waals surface area (Å²) >= 11 is 0. The number of carbonyl (C=O) groups excluding carboxylic acids is 1. The molecule has 0 amide bonds. The highest BCUT2D eigenvalue weighted by Crippen LogP contribution is 2.22. The zero-order valence-corrected chi connectivity index (χ0v) is 12.0. The van der Waals surface area contributed by atoms with Crippen LogP contribution in [0.4, 0.5) is 0 Å². The lowest BCUT2D eigenvalue weighted by atomic mass is 10.1. The van der Waals surface area contributed by atoms with E-state index in [9.17, 15) is 4.79 Å². The Balaban J connectivity index is 1.95. The van der Waals surface area contributed by atoms with E-state index >= 15 is 0 Å². The number of hydrogen-bond donors (Lipinski definition) is 1. The smallest absolute Gasteiger partial charge is 0.349 e. The van der Waals surface area contributed by atoms with Gasteiger partial charge >= 0.3 is 5.97 Å². The molecule has 0 fully saturated rings. The SMILES string of the molecule is NOC(=O)/C=C/c1cccc2c1ccn2Cc1ccccc1. The molecule has 3 rings (SSSR count). The topological polar surface area (TPSA) is 57.2 Å². The van der Waals surface area contributed by atoms with Crippen LogP contribution in [-0.2, 0) is 16.2 Å². The molecule has 0 spiro atoms. The Hall–Kier alpha value is -2.85. The predicted molar refractivity (Wildman–Crippen MR) is 86.8 cm³/mol. The first-order chi connectivity index (χ1) is 10.8. The number of aromatic nitrogens is 1. The van der Waals surface area contributed by atoms with Gasteiger partial charge in [-0.25, -0.2) is 4.79 Å². The van der Waals surface area contributed by atoms with Crippen molar-refractivity contribution in [2.45, 2.75) is 6.54 Å². The summed E-state index contributed by atoms with van der Waals surface area (Å²) < 4.78 is 2.18. The summed E-state index contributed by atoms with van der Waals surface area (Å²) in [5, 5.41) is 1.08. The fourth-order valence-electron chi connectivity index (χ4n) is 2.51. The second-order valence-electron chi connectivity index (χ2n) is 4.98. The average Bonchev–Trinajstić information content (AvgIpc) is 2.97. The molecule has 0 aliphatic carbocycles. The van der Waals surface area contributed by atoms with Gasteiger partial charge in [0.05, 0.1) is 0 Å². The molecule has 3 aromatic rings. The van der Waals surface area contributed by atoms with E-state index in [0.717, 1.165) is 23.0 Å². The summed E-state index contributed by atoms with van der Waals surface area (Å²) in [4.78, 5) is 15.3. The van der Waals surface area contributed by atoms with Crippen molar-refractivity contribution in [2.75, 3.05) is 0 Å². The fraction of sp³-hybridized carbons (Fsp3) is 0.0556. The molecule has 0 aliphatic rings. The maximum absolute atomic E-state index is 11.1. The molecule has 1 aromatic heterocycles. The first-order valence-electron chi connectivity index (χ1n) is 6.98. The largest absolute Gasteiger partial charge is 0.370 e. The van der Waals surface area contributed by atoms with E-state index in [1.807, 2.05) is 36.4 Å². The normalized spacial score (nSPS) is 11.1. The van der Waals surface area contributed by atoms with Gasteiger partial charge in [-0.2, -0.15) is 5.90 Å². The van der Waals surface area contributed by atoms with Crippen LogP contribution in [0.3, 0.4) is 0 Å². The van der Waals surface area contributed by atoms with Crippen molar-refractivity contribution in [1.29, 1.82) is 0 Å². The minimum atomic E-state index is -0.569. The number of carbonyl (C=O) groups is 1. The summed E-state index contributed by atoms with van der Waals surface area (Å²) in [5.41, 5.74) is 3.31. The van der Waals surface area contributed by atoms with Crippen LogP contribution in [0.1, 0.15) is 11.1 Å². The molecule has 0 saturated heterocycles. The number of fused-ring (bicyclic) bond motifs is 1. The lowest BCUT2D eigenvalue weighted by molar-refractivity contribution is -0.138. The zero-order chi connectivity index (χ0) is 15.4. The Kier molecular flexibility index (Phi) is 4.03. The van der Waals surface area contributed by atoms with E-state index in [1.54, 1.807) is 6.08 Å². The van der Waals surface area contributed by atoms with Gasteiger partial charge in [-0.15, -0.1) is 0 Å². The van der Waals surface area contributed by atoms with E-state index < -0.39 is 5.97 Å². The maximum atomic E-state index is 11.1. The Morgan fingerprint density at radius 1 is 1.09 bits per heavy atom. The third-order valence-electron chi connectivity index (χ3n) is 3.56. The van der Waals surface area contributed by atoms with Gasteiger partial charge < -0.3 is 9.40 Å². The highest BCUT2D eigenvalue weighted by Gasteiger charge is 2.05. The molecule has 110 valence electrons. The third-order valence-corrected chi connectivity index (χ3v) is 3.56. The van der Waals surface area contributed by atoms with E-state index in [1.165, 1.54) is 11.6 Å². The summed E-state index contributed by atoms with van der Waals surface area (Å²) in [5.74, 6) is 4.27. The van der Waals surface area contributed by atoms with E-state index in [-0.39, 0.29) is 0 Å². The van der Waals surface area contributed by atoms with Gasteiger partial charge in [0, 0.05) is 29.7 Å². The molecule has 22 heavy (non-hydrogen) atoms. The second kappa shape index (κ2) is 6.28. The summed E-state index contributed by atoms with van der Waals surface area (Å²) in [7, 11) is 0. The van der Waals surface area contributed by atoms with Crippen LogP contribution >= 0.6 is 0 Å². The van der Waals surface area contributed by atoms with Crippen molar-refractivity contribution in [2.24, 2.45) is 5.90 Å². The van der Waals surface area contributed by atoms with Crippen molar-refractivity contribution in [3.8, 4) is 0 Å². The lowest BCUT2D eigenvalue weighted by Gasteiger charge is -2.06. The zero-order valence-electron chi connectivity index (χ0n) is 12.0. The van der Waals surface area contributed by atoms with Gasteiger partial charge in [-0.05, 0) is 29.3 Å². The predicted octanol–water partition coefficient (Wildman–Crippen LogP) is 3.12. The van der Waals surface area contributed by atoms with E-state index in [0.29, 0.717) is 0 Å². The van der Waals surface area contributed by atoms with Crippen LogP contribution in [0.5, 0.6) is 0 Å². The minimum Gasteiger partial charge on any atom is -0.370 e. The molecular formula is C18H16N2O2. The van der Waals surface area contributed by atoms with E-state index in [2.05, 4.69) is 33.8 Å². The highest BCUT2D eigenvalue weighted by atomic mass is 16.7. The molecule has 0 aliphatic heterocycles. The molecule has 0 saturated carbocycles. The monoisotopic (exact) mass is 292 g/mol. The van der Waals surface area contributed by atoms with Crippen molar-refractivity contribution in [1.82, 2.24) is 4.57 Å². The van der Waals surface area contributed by atoms with Gasteiger partial charge in [0.25, 0.3) is 0 Å². The summed E-state index contributed by atoms with van der Waals surface area (Å²) in [6, 6.07) is 18.3. The molecule has 4 heteroatoms. The maximum Gasteiger partial charge on any atom is 0.349 e. The molecule has 2 aromatic carbocycles. The minimum absolute atomic E-state index is 0.569. The molecule has 0 bridgehead atoms. The van der Waals surface area contributed by atoms with Crippen molar-refractivity contribution >= 4 is 22.9 Å². The molecule has 2 N–H and O–H groups in total. The van der Waals surface area contributed by atoms with Crippen LogP contribution < -0.4 is 5.90 Å². The van der Waals surface area contributed by atoms with Crippen molar-refractivity contribution in [3.63, 3.8) is 0 Å². The quantitative estimate of drug-likeness (QED) is 0.594. The van der Waals surface area contributed by atoms with Crippen LogP contribution in [0.15, 0.2) is 66.9 Å². The van der Waals surface area contributed by atoms with Gasteiger partial charge in [-0.1, -0.05) is 42.5 Å². The van der Waals surface area contributed by atoms with Gasteiger partial charge in [-0.3, -0.25) is 0 Å². The fourth-order valence-corrected chi connectivity index (χ4v) is 2.51. The van der Waals surface area contributed by atoms with Crippen LogP contribution in [0.25, 0.3) is 17.0 Å². The Morgan fingerprint density at radius 3 is 2.68 bits per heavy atom. The van der Waals surface area contributed by atoms with E-state index in [4.69, 9.17) is 5.90 Å². The first kappa shape index (κ1) is 14.1. The van der Waals surface area contributed by atoms with Gasteiger partial charge in [0.1, 0.15) is 0 Å². The average molecular weight is 292 g/mol. The Labute approximate surface area is 128 Å². The van der Waals surface area contributed by atoms with Crippen LogP contribution in [-0.4, -0.2) is 10.5 Å². The number of nitrogens with zero attached hydrogens (tertiary/aromatic N) is 1. The van der Waals surface area contributed by atoms with Gasteiger partial charge in [0.15, 0.2) is 0 Å². The summed E-state index contributed by atoms with van der Waals surface area (Å²) in [6.45, 7) is 0.808. The number of rotatable bonds is 4. The third kappa shape index (κ3) is 2.92. The number of nitrogens with two attached hydrogens (primary N) is 1. The highest BCUT2D eigenvalue weighted by molar-refractivity contribution is 5.94. The number of hydrogen-bond acceptors (Lipinski definition) is 3. The van der Waals surface area contributed by atoms with Gasteiger partial charge in [0.2, 0.25) is 0 Å². The molecule has 1 heterocycles. The van der Waals surface area contributed by atoms with Crippen molar-refractivity contribution < 1.29 is 9.63 Å².